The summed E-state index contributed by atoms with van der Waals surface area (Å²) in [5.41, 5.74) is 6.62. The van der Waals surface area contributed by atoms with E-state index in [0.717, 1.165) is 0 Å². The van der Waals surface area contributed by atoms with Crippen molar-refractivity contribution in [2.75, 3.05) is 0 Å². The molecule has 6 heteroatoms. The smallest absolute Gasteiger partial charge is 0.170 e. The van der Waals surface area contributed by atoms with Crippen LogP contribution in [0.1, 0.15) is 11.1 Å². The highest BCUT2D eigenvalue weighted by atomic mass is 35.5. The highest BCUT2D eigenvalue weighted by Crippen LogP contribution is 2.22. The summed E-state index contributed by atoms with van der Waals surface area (Å²) in [6, 6.07) is 11.0. The number of amidine groups is 1. The van der Waals surface area contributed by atoms with Gasteiger partial charge in [-0.2, -0.15) is 0 Å². The largest absolute Gasteiger partial charge is 0.486 e. The van der Waals surface area contributed by atoms with E-state index in [1.165, 1.54) is 12.1 Å². The third kappa shape index (κ3) is 3.19. The van der Waals surface area contributed by atoms with Crippen molar-refractivity contribution in [3.05, 3.63) is 64.4 Å². The maximum absolute atomic E-state index is 13.4. The summed E-state index contributed by atoms with van der Waals surface area (Å²) in [7, 11) is 0. The van der Waals surface area contributed by atoms with Gasteiger partial charge in [-0.3, -0.25) is 0 Å². The maximum atomic E-state index is 13.4. The number of para-hydroxylation sites is 1. The molecule has 0 saturated heterocycles. The van der Waals surface area contributed by atoms with Crippen LogP contribution in [-0.4, -0.2) is 11.0 Å². The lowest BCUT2D eigenvalue weighted by molar-refractivity contribution is 0.290. The Morgan fingerprint density at radius 3 is 2.70 bits per heavy atom. The first-order valence-corrected chi connectivity index (χ1v) is 6.13. The molecule has 0 radical (unpaired) electrons. The van der Waals surface area contributed by atoms with Gasteiger partial charge in [0, 0.05) is 16.1 Å². The van der Waals surface area contributed by atoms with Crippen LogP contribution >= 0.6 is 11.6 Å². The van der Waals surface area contributed by atoms with Crippen LogP contribution in [0.3, 0.4) is 0 Å². The molecule has 0 spiro atoms. The average molecular weight is 295 g/mol. The van der Waals surface area contributed by atoms with Gasteiger partial charge in [-0.1, -0.05) is 41.0 Å². The molecule has 3 N–H and O–H groups in total. The van der Waals surface area contributed by atoms with Crippen LogP contribution in [0.5, 0.6) is 5.75 Å². The fraction of sp³-hybridized carbons (Fsp3) is 0.0714. The molecular weight excluding hydrogens is 283 g/mol. The first kappa shape index (κ1) is 14.1. The number of nitrogens with two attached hydrogens (primary N) is 1. The fourth-order valence-electron chi connectivity index (χ4n) is 1.60. The molecule has 4 nitrogen and oxygen atoms in total. The van der Waals surface area contributed by atoms with Crippen molar-refractivity contribution in [1.29, 1.82) is 0 Å². The highest BCUT2D eigenvalue weighted by Gasteiger charge is 2.07. The summed E-state index contributed by atoms with van der Waals surface area (Å²) < 4.78 is 18.8. The monoisotopic (exact) mass is 294 g/mol. The molecular formula is C14H12ClFN2O2. The van der Waals surface area contributed by atoms with Crippen LogP contribution in [0, 0.1) is 5.82 Å². The second-order valence-electron chi connectivity index (χ2n) is 4.01. The zero-order valence-corrected chi connectivity index (χ0v) is 11.1. The van der Waals surface area contributed by atoms with Crippen molar-refractivity contribution >= 4 is 17.4 Å². The number of rotatable bonds is 4. The molecule has 0 aliphatic heterocycles. The minimum Gasteiger partial charge on any atom is -0.486 e. The van der Waals surface area contributed by atoms with Gasteiger partial charge in [0.2, 0.25) is 0 Å². The van der Waals surface area contributed by atoms with Gasteiger partial charge in [-0.15, -0.1) is 0 Å². The molecule has 0 unspecified atom stereocenters. The number of hydrogen-bond donors (Lipinski definition) is 2. The number of ether oxygens (including phenoxy) is 1. The van der Waals surface area contributed by atoms with E-state index in [1.54, 1.807) is 30.3 Å². The molecule has 0 heterocycles. The zero-order chi connectivity index (χ0) is 14.5. The van der Waals surface area contributed by atoms with Crippen LogP contribution in [-0.2, 0) is 6.61 Å². The standard InChI is InChI=1S/C14H12ClFN2O2/c15-11-7-9(14(17)18-19)5-6-10(11)8-20-13-4-2-1-3-12(13)16/h1-7,19H,8H2,(H2,17,18). The van der Waals surface area contributed by atoms with Crippen LogP contribution in [0.2, 0.25) is 5.02 Å². The molecule has 0 fully saturated rings. The summed E-state index contributed by atoms with van der Waals surface area (Å²) in [6.07, 6.45) is 0. The van der Waals surface area contributed by atoms with Crippen LogP contribution in [0.4, 0.5) is 4.39 Å². The van der Waals surface area contributed by atoms with E-state index in [4.69, 9.17) is 27.3 Å². The number of hydrogen-bond acceptors (Lipinski definition) is 3. The van der Waals surface area contributed by atoms with E-state index in [1.807, 2.05) is 0 Å². The Morgan fingerprint density at radius 2 is 2.05 bits per heavy atom. The number of halogens is 2. The van der Waals surface area contributed by atoms with Gasteiger partial charge in [0.25, 0.3) is 0 Å². The molecule has 104 valence electrons. The number of benzene rings is 2. The molecule has 2 rings (SSSR count). The number of oxime groups is 1. The molecule has 0 saturated carbocycles. The topological polar surface area (TPSA) is 67.8 Å². The lowest BCUT2D eigenvalue weighted by Crippen LogP contribution is -2.13. The minimum absolute atomic E-state index is 0.0338. The van der Waals surface area contributed by atoms with Crippen LogP contribution in [0.15, 0.2) is 47.6 Å². The maximum Gasteiger partial charge on any atom is 0.170 e. The Hall–Kier alpha value is -2.27. The van der Waals surface area contributed by atoms with E-state index in [2.05, 4.69) is 5.16 Å². The van der Waals surface area contributed by atoms with Crippen molar-refractivity contribution in [3.8, 4) is 5.75 Å². The van der Waals surface area contributed by atoms with Crippen LogP contribution < -0.4 is 10.5 Å². The SMILES string of the molecule is N/C(=N/O)c1ccc(COc2ccccc2F)c(Cl)c1. The molecule has 0 aromatic heterocycles. The van der Waals surface area contributed by atoms with Gasteiger partial charge in [-0.05, 0) is 18.2 Å². The third-order valence-corrected chi connectivity index (χ3v) is 3.03. The predicted molar refractivity (Wildman–Crippen MR) is 74.7 cm³/mol. The first-order chi connectivity index (χ1) is 9.61. The van der Waals surface area contributed by atoms with Crippen molar-refractivity contribution < 1.29 is 14.3 Å². The van der Waals surface area contributed by atoms with Crippen molar-refractivity contribution in [3.63, 3.8) is 0 Å². The predicted octanol–water partition coefficient (Wildman–Crippen LogP) is 3.15. The summed E-state index contributed by atoms with van der Waals surface area (Å²) in [5.74, 6) is -0.311. The molecule has 0 aliphatic carbocycles. The van der Waals surface area contributed by atoms with Gasteiger partial charge in [-0.25, -0.2) is 4.39 Å². The van der Waals surface area contributed by atoms with E-state index < -0.39 is 5.82 Å². The summed E-state index contributed by atoms with van der Waals surface area (Å²) >= 11 is 6.07. The third-order valence-electron chi connectivity index (χ3n) is 2.68. The first-order valence-electron chi connectivity index (χ1n) is 5.75. The van der Waals surface area contributed by atoms with Gasteiger partial charge >= 0.3 is 0 Å². The van der Waals surface area contributed by atoms with E-state index in [9.17, 15) is 4.39 Å². The van der Waals surface area contributed by atoms with E-state index in [-0.39, 0.29) is 18.2 Å². The quantitative estimate of drug-likeness (QED) is 0.394. The summed E-state index contributed by atoms with van der Waals surface area (Å²) in [5, 5.41) is 11.9. The lowest BCUT2D eigenvalue weighted by Gasteiger charge is -2.09. The molecule has 2 aromatic carbocycles. The molecule has 0 bridgehead atoms. The van der Waals surface area contributed by atoms with E-state index in [0.29, 0.717) is 16.1 Å². The molecule has 2 aromatic rings. The molecule has 0 aliphatic rings. The molecule has 0 atom stereocenters. The van der Waals surface area contributed by atoms with Crippen molar-refractivity contribution in [1.82, 2.24) is 0 Å². The van der Waals surface area contributed by atoms with Gasteiger partial charge in [0.05, 0.1) is 0 Å². The average Bonchev–Trinajstić information content (AvgIpc) is 2.46. The Labute approximate surface area is 120 Å². The van der Waals surface area contributed by atoms with Crippen LogP contribution in [0.25, 0.3) is 0 Å². The molecule has 0 amide bonds. The minimum atomic E-state index is -0.433. The second-order valence-corrected chi connectivity index (χ2v) is 4.42. The summed E-state index contributed by atoms with van der Waals surface area (Å²) in [6.45, 7) is 0.121. The molecule has 20 heavy (non-hydrogen) atoms. The van der Waals surface area contributed by atoms with Crippen molar-refractivity contribution in [2.45, 2.75) is 6.61 Å². The zero-order valence-electron chi connectivity index (χ0n) is 10.4. The van der Waals surface area contributed by atoms with Gasteiger partial charge in [0.15, 0.2) is 17.4 Å². The Balaban J connectivity index is 2.13. The van der Waals surface area contributed by atoms with Crippen molar-refractivity contribution in [2.24, 2.45) is 10.9 Å². The Bertz CT molecular complexity index is 647. The summed E-state index contributed by atoms with van der Waals surface area (Å²) in [4.78, 5) is 0. The second kappa shape index (κ2) is 6.25. The van der Waals surface area contributed by atoms with E-state index >= 15 is 0 Å². The highest BCUT2D eigenvalue weighted by molar-refractivity contribution is 6.31. The normalized spacial score (nSPS) is 11.4. The van der Waals surface area contributed by atoms with Gasteiger partial charge < -0.3 is 15.7 Å². The number of nitrogens with zero attached hydrogens (tertiary/aromatic N) is 1. The Morgan fingerprint density at radius 1 is 1.30 bits per heavy atom. The van der Waals surface area contributed by atoms with Gasteiger partial charge in [0.1, 0.15) is 6.61 Å². The lowest BCUT2D eigenvalue weighted by atomic mass is 10.1. The Kier molecular flexibility index (Phi) is 4.42. The fourth-order valence-corrected chi connectivity index (χ4v) is 1.83.